The number of rotatable bonds is 3. The molecule has 140 valence electrons. The molecule has 2 aromatic carbocycles. The van der Waals surface area contributed by atoms with Crippen LogP contribution in [-0.2, 0) is 13.0 Å². The molecule has 0 aliphatic carbocycles. The number of halogens is 2. The van der Waals surface area contributed by atoms with E-state index in [0.29, 0.717) is 17.1 Å². The minimum absolute atomic E-state index is 0.282. The third-order valence-electron chi connectivity index (χ3n) is 5.50. The van der Waals surface area contributed by atoms with E-state index in [9.17, 15) is 4.39 Å². The predicted molar refractivity (Wildman–Crippen MR) is 110 cm³/mol. The van der Waals surface area contributed by atoms with Crippen LogP contribution in [0.25, 0.3) is 10.9 Å². The predicted octanol–water partition coefficient (Wildman–Crippen LogP) is 5.50. The van der Waals surface area contributed by atoms with Gasteiger partial charge in [0.15, 0.2) is 0 Å². The Hall–Kier alpha value is -2.69. The first-order chi connectivity index (χ1) is 13.7. The normalized spacial score (nSPS) is 17.0. The van der Waals surface area contributed by atoms with Crippen LogP contribution in [0.3, 0.4) is 0 Å². The van der Waals surface area contributed by atoms with Crippen molar-refractivity contribution in [3.63, 3.8) is 0 Å². The molecule has 0 saturated carbocycles. The van der Waals surface area contributed by atoms with Gasteiger partial charge in [0.25, 0.3) is 0 Å². The molecule has 1 aliphatic rings. The van der Waals surface area contributed by atoms with Crippen LogP contribution in [0.5, 0.6) is 0 Å². The minimum atomic E-state index is -0.285. The number of aromatic nitrogens is 2. The average Bonchev–Trinajstić information content (AvgIpc) is 3.09. The first kappa shape index (κ1) is 17.4. The van der Waals surface area contributed by atoms with Crippen LogP contribution in [0.4, 0.5) is 4.39 Å². The summed E-state index contributed by atoms with van der Waals surface area (Å²) in [4.78, 5) is 10.3. The lowest BCUT2D eigenvalue weighted by molar-refractivity contribution is 0.196. The highest BCUT2D eigenvalue weighted by atomic mass is 35.5. The summed E-state index contributed by atoms with van der Waals surface area (Å²) in [6, 6.07) is 18.7. The van der Waals surface area contributed by atoms with Gasteiger partial charge in [-0.3, -0.25) is 9.88 Å². The van der Waals surface area contributed by atoms with E-state index in [2.05, 4.69) is 27.0 Å². The molecule has 1 aliphatic heterocycles. The fourth-order valence-corrected chi connectivity index (χ4v) is 4.53. The lowest BCUT2D eigenvalue weighted by Gasteiger charge is -2.36. The summed E-state index contributed by atoms with van der Waals surface area (Å²) in [7, 11) is 0. The summed E-state index contributed by atoms with van der Waals surface area (Å²) in [5.74, 6) is -0.282. The summed E-state index contributed by atoms with van der Waals surface area (Å²) in [6.45, 7) is 1.44. The number of aromatic amines is 1. The maximum Gasteiger partial charge on any atom is 0.129 e. The summed E-state index contributed by atoms with van der Waals surface area (Å²) >= 11 is 6.50. The second kappa shape index (κ2) is 7.04. The molecule has 0 saturated heterocycles. The third-order valence-corrected chi connectivity index (χ3v) is 5.83. The highest BCUT2D eigenvalue weighted by Crippen LogP contribution is 2.42. The molecule has 3 heterocycles. The Balaban J connectivity index is 1.68. The van der Waals surface area contributed by atoms with E-state index in [1.54, 1.807) is 18.3 Å². The van der Waals surface area contributed by atoms with E-state index < -0.39 is 0 Å². The van der Waals surface area contributed by atoms with Crippen molar-refractivity contribution in [1.82, 2.24) is 14.9 Å². The van der Waals surface area contributed by atoms with E-state index in [0.717, 1.165) is 29.9 Å². The Morgan fingerprint density at radius 1 is 1.07 bits per heavy atom. The molecule has 3 nitrogen and oxygen atoms in total. The Morgan fingerprint density at radius 3 is 2.75 bits per heavy atom. The summed E-state index contributed by atoms with van der Waals surface area (Å²) in [6.07, 6.45) is 2.69. The van der Waals surface area contributed by atoms with E-state index in [1.807, 2.05) is 30.3 Å². The largest absolute Gasteiger partial charge is 0.357 e. The number of hydrogen-bond acceptors (Lipinski definition) is 2. The molecule has 1 atom stereocenters. The van der Waals surface area contributed by atoms with Crippen LogP contribution in [0, 0.1) is 5.82 Å². The Kier molecular flexibility index (Phi) is 4.38. The topological polar surface area (TPSA) is 31.9 Å². The molecular formula is C23H19ClFN3. The van der Waals surface area contributed by atoms with E-state index in [1.165, 1.54) is 17.0 Å². The first-order valence-corrected chi connectivity index (χ1v) is 9.77. The van der Waals surface area contributed by atoms with Gasteiger partial charge >= 0.3 is 0 Å². The fourth-order valence-electron chi connectivity index (χ4n) is 4.26. The van der Waals surface area contributed by atoms with Crippen molar-refractivity contribution in [1.29, 1.82) is 0 Å². The second-order valence-electron chi connectivity index (χ2n) is 7.14. The molecule has 0 bridgehead atoms. The van der Waals surface area contributed by atoms with Gasteiger partial charge in [0.05, 0.1) is 11.7 Å². The summed E-state index contributed by atoms with van der Waals surface area (Å²) in [5.41, 5.74) is 4.82. The number of nitrogens with zero attached hydrogens (tertiary/aromatic N) is 2. The van der Waals surface area contributed by atoms with Crippen LogP contribution < -0.4 is 0 Å². The summed E-state index contributed by atoms with van der Waals surface area (Å²) in [5, 5.41) is 1.65. The quantitative estimate of drug-likeness (QED) is 0.499. The van der Waals surface area contributed by atoms with Gasteiger partial charge in [-0.1, -0.05) is 41.9 Å². The molecule has 28 heavy (non-hydrogen) atoms. The van der Waals surface area contributed by atoms with Crippen LogP contribution in [-0.4, -0.2) is 21.4 Å². The molecule has 0 amide bonds. The highest BCUT2D eigenvalue weighted by Gasteiger charge is 2.34. The number of para-hydroxylation sites is 1. The van der Waals surface area contributed by atoms with Gasteiger partial charge in [-0.15, -0.1) is 0 Å². The molecule has 0 spiro atoms. The maximum atomic E-state index is 15.0. The van der Waals surface area contributed by atoms with E-state index in [4.69, 9.17) is 11.6 Å². The third kappa shape index (κ3) is 2.89. The molecule has 1 N–H and O–H groups in total. The van der Waals surface area contributed by atoms with Gasteiger partial charge in [-0.05, 0) is 42.3 Å². The van der Waals surface area contributed by atoms with Crippen molar-refractivity contribution in [3.05, 3.63) is 100 Å². The molecule has 4 aromatic rings. The van der Waals surface area contributed by atoms with Gasteiger partial charge < -0.3 is 4.98 Å². The number of benzene rings is 2. The minimum Gasteiger partial charge on any atom is -0.357 e. The van der Waals surface area contributed by atoms with Crippen LogP contribution in [0.2, 0.25) is 5.02 Å². The van der Waals surface area contributed by atoms with Gasteiger partial charge in [0, 0.05) is 46.5 Å². The van der Waals surface area contributed by atoms with E-state index >= 15 is 0 Å². The molecule has 1 unspecified atom stereocenters. The molecular weight excluding hydrogens is 373 g/mol. The number of nitrogens with one attached hydrogen (secondary N) is 1. The van der Waals surface area contributed by atoms with Gasteiger partial charge in [-0.2, -0.15) is 0 Å². The van der Waals surface area contributed by atoms with Crippen molar-refractivity contribution in [2.45, 2.75) is 19.0 Å². The fraction of sp³-hybridized carbons (Fsp3) is 0.174. The van der Waals surface area contributed by atoms with Crippen molar-refractivity contribution < 1.29 is 4.39 Å². The molecule has 5 rings (SSSR count). The molecule has 5 heteroatoms. The number of H-pyrrole nitrogens is 1. The molecule has 0 fully saturated rings. The number of pyridine rings is 1. The standard InChI is InChI=1S/C23H19ClFN3/c24-18-8-5-9-19(25)21(18)23-22-17(16-7-1-2-10-20(16)27-22)11-13-28(23)14-15-6-3-4-12-26-15/h1-10,12,23,27H,11,13-14H2. The lowest BCUT2D eigenvalue weighted by atomic mass is 9.91. The van der Waals surface area contributed by atoms with Crippen LogP contribution in [0.1, 0.15) is 28.6 Å². The first-order valence-electron chi connectivity index (χ1n) is 9.39. The van der Waals surface area contributed by atoms with Gasteiger partial charge in [0.2, 0.25) is 0 Å². The van der Waals surface area contributed by atoms with Gasteiger partial charge in [0.1, 0.15) is 5.82 Å². The Labute approximate surface area is 167 Å². The molecule has 0 radical (unpaired) electrons. The number of hydrogen-bond donors (Lipinski definition) is 1. The van der Waals surface area contributed by atoms with Crippen molar-refractivity contribution in [2.24, 2.45) is 0 Å². The zero-order valence-corrected chi connectivity index (χ0v) is 16.0. The zero-order chi connectivity index (χ0) is 19.1. The highest BCUT2D eigenvalue weighted by molar-refractivity contribution is 6.31. The molecule has 2 aromatic heterocycles. The van der Waals surface area contributed by atoms with Crippen molar-refractivity contribution in [3.8, 4) is 0 Å². The maximum absolute atomic E-state index is 15.0. The Morgan fingerprint density at radius 2 is 1.93 bits per heavy atom. The summed E-state index contributed by atoms with van der Waals surface area (Å²) < 4.78 is 15.0. The second-order valence-corrected chi connectivity index (χ2v) is 7.55. The average molecular weight is 392 g/mol. The smallest absolute Gasteiger partial charge is 0.129 e. The van der Waals surface area contributed by atoms with Crippen molar-refractivity contribution >= 4 is 22.5 Å². The van der Waals surface area contributed by atoms with E-state index in [-0.39, 0.29) is 11.9 Å². The lowest BCUT2D eigenvalue weighted by Crippen LogP contribution is -2.36. The zero-order valence-electron chi connectivity index (χ0n) is 15.2. The Bertz CT molecular complexity index is 1120. The van der Waals surface area contributed by atoms with Crippen molar-refractivity contribution in [2.75, 3.05) is 6.54 Å². The monoisotopic (exact) mass is 391 g/mol. The number of fused-ring (bicyclic) bond motifs is 3. The SMILES string of the molecule is Fc1cccc(Cl)c1C1c2[nH]c3ccccc3c2CCN1Cc1ccccn1. The van der Waals surface area contributed by atoms with Crippen LogP contribution in [0.15, 0.2) is 66.9 Å². The van der Waals surface area contributed by atoms with Gasteiger partial charge in [-0.25, -0.2) is 4.39 Å². The van der Waals surface area contributed by atoms with Crippen LogP contribution >= 0.6 is 11.6 Å².